The van der Waals surface area contributed by atoms with E-state index in [1.807, 2.05) is 6.07 Å². The molecule has 3 aliphatic heterocycles. The summed E-state index contributed by atoms with van der Waals surface area (Å²) < 4.78 is 52.8. The lowest BCUT2D eigenvalue weighted by Gasteiger charge is -2.29. The minimum absolute atomic E-state index is 0.0649. The van der Waals surface area contributed by atoms with Gasteiger partial charge in [0.25, 0.3) is 12.3 Å². The Kier molecular flexibility index (Phi) is 7.20. The highest BCUT2D eigenvalue weighted by atomic mass is 19.3. The van der Waals surface area contributed by atoms with Gasteiger partial charge < -0.3 is 29.2 Å². The van der Waals surface area contributed by atoms with E-state index >= 15 is 0 Å². The van der Waals surface area contributed by atoms with Crippen LogP contribution in [-0.4, -0.2) is 87.7 Å². The molecule has 3 aromatic heterocycles. The largest absolute Gasteiger partial charge is 0.457 e. The van der Waals surface area contributed by atoms with Crippen LogP contribution >= 0.6 is 0 Å². The van der Waals surface area contributed by atoms with E-state index in [-0.39, 0.29) is 43.2 Å². The first kappa shape index (κ1) is 27.4. The molecule has 6 heterocycles. The lowest BCUT2D eigenvalue weighted by Crippen LogP contribution is -2.37. The SMILES string of the molecule is O=C(OCC1OCC(n2cc(NC(=O)c3cnn4ccc(N5C[C@H]6C[C@@H]5CO6)nc34)c(C(F)F)n2)CO1)c1ccccc1. The van der Waals surface area contributed by atoms with E-state index in [9.17, 15) is 18.4 Å². The Labute approximate surface area is 243 Å². The Hall–Kier alpha value is -4.47. The Bertz CT molecular complexity index is 1640. The zero-order valence-corrected chi connectivity index (χ0v) is 22.7. The monoisotopic (exact) mass is 595 g/mol. The highest BCUT2D eigenvalue weighted by Crippen LogP contribution is 2.32. The first-order valence-electron chi connectivity index (χ1n) is 13.8. The highest BCUT2D eigenvalue weighted by molar-refractivity contribution is 6.08. The molecule has 0 unspecified atom stereocenters. The second kappa shape index (κ2) is 11.3. The van der Waals surface area contributed by atoms with E-state index < -0.39 is 36.3 Å². The molecule has 3 aliphatic rings. The molecule has 2 atom stereocenters. The summed E-state index contributed by atoms with van der Waals surface area (Å²) in [7, 11) is 0. The fraction of sp³-hybridized carbons (Fsp3) is 0.393. The number of alkyl halides is 2. The van der Waals surface area contributed by atoms with Crippen molar-refractivity contribution in [3.8, 4) is 0 Å². The summed E-state index contributed by atoms with van der Waals surface area (Å²) >= 11 is 0. The molecule has 4 aromatic rings. The summed E-state index contributed by atoms with van der Waals surface area (Å²) in [5, 5.41) is 10.8. The number of nitrogens with one attached hydrogen (secondary N) is 1. The number of nitrogens with zero attached hydrogens (tertiary/aromatic N) is 6. The first-order chi connectivity index (χ1) is 20.9. The molecule has 0 saturated carbocycles. The summed E-state index contributed by atoms with van der Waals surface area (Å²) in [6.45, 7) is 1.34. The maximum Gasteiger partial charge on any atom is 0.338 e. The van der Waals surface area contributed by atoms with Crippen LogP contribution in [0.25, 0.3) is 5.65 Å². The number of fused-ring (bicyclic) bond motifs is 3. The van der Waals surface area contributed by atoms with E-state index in [1.54, 1.807) is 36.5 Å². The van der Waals surface area contributed by atoms with Crippen LogP contribution in [0, 0.1) is 0 Å². The smallest absolute Gasteiger partial charge is 0.338 e. The molecule has 1 N–H and O–H groups in total. The molecule has 15 heteroatoms. The minimum Gasteiger partial charge on any atom is -0.457 e. The van der Waals surface area contributed by atoms with Gasteiger partial charge in [0.05, 0.1) is 55.5 Å². The number of anilines is 2. The van der Waals surface area contributed by atoms with Gasteiger partial charge in [-0.2, -0.15) is 10.2 Å². The molecule has 1 aromatic carbocycles. The van der Waals surface area contributed by atoms with Gasteiger partial charge in [0.15, 0.2) is 17.6 Å². The van der Waals surface area contributed by atoms with E-state index in [0.29, 0.717) is 30.2 Å². The van der Waals surface area contributed by atoms with E-state index in [2.05, 4.69) is 25.4 Å². The molecule has 3 saturated heterocycles. The van der Waals surface area contributed by atoms with Crippen LogP contribution in [0.1, 0.15) is 45.3 Å². The number of amides is 1. The zero-order chi connectivity index (χ0) is 29.5. The van der Waals surface area contributed by atoms with Gasteiger partial charge in [-0.3, -0.25) is 9.48 Å². The third-order valence-corrected chi connectivity index (χ3v) is 7.69. The van der Waals surface area contributed by atoms with E-state index in [1.165, 1.54) is 21.6 Å². The standard InChI is InChI=1S/C28H27F2N7O6/c29-25(30)24-21(11-37(34-24)18-13-41-23(42-14-18)15-43-28(39)16-4-2-1-3-5-16)32-27(38)20-9-31-36-7-6-22(33-26(20)36)35-10-19-8-17(35)12-40-19/h1-7,9,11,17-19,23,25H,8,10,12-15H2,(H,32,38)/t17-,18?,19-,23?/m1/s1. The van der Waals surface area contributed by atoms with Gasteiger partial charge in [-0.25, -0.2) is 23.1 Å². The summed E-state index contributed by atoms with van der Waals surface area (Å²) in [6, 6.07) is 10.0. The highest BCUT2D eigenvalue weighted by Gasteiger charge is 2.40. The fourth-order valence-corrected chi connectivity index (χ4v) is 5.48. The zero-order valence-electron chi connectivity index (χ0n) is 22.7. The molecule has 0 spiro atoms. The molecule has 1 amide bonds. The Morgan fingerprint density at radius 1 is 1.07 bits per heavy atom. The van der Waals surface area contributed by atoms with Crippen molar-refractivity contribution in [3.05, 3.63) is 71.8 Å². The van der Waals surface area contributed by atoms with Crippen LogP contribution in [0.2, 0.25) is 0 Å². The van der Waals surface area contributed by atoms with Crippen molar-refractivity contribution in [2.75, 3.05) is 43.2 Å². The van der Waals surface area contributed by atoms with Crippen molar-refractivity contribution in [2.45, 2.75) is 37.3 Å². The Morgan fingerprint density at radius 2 is 1.86 bits per heavy atom. The quantitative estimate of drug-likeness (QED) is 0.303. The molecule has 0 aliphatic carbocycles. The van der Waals surface area contributed by atoms with Crippen LogP contribution in [0.15, 0.2) is 55.0 Å². The molecule has 224 valence electrons. The number of ether oxygens (including phenoxy) is 4. The maximum absolute atomic E-state index is 13.9. The van der Waals surface area contributed by atoms with Crippen molar-refractivity contribution < 1.29 is 37.3 Å². The van der Waals surface area contributed by atoms with Gasteiger partial charge >= 0.3 is 5.97 Å². The predicted molar refractivity (Wildman–Crippen MR) is 145 cm³/mol. The summed E-state index contributed by atoms with van der Waals surface area (Å²) in [6.07, 6.45) is 1.71. The van der Waals surface area contributed by atoms with Crippen molar-refractivity contribution in [3.63, 3.8) is 0 Å². The number of hydrogen-bond donors (Lipinski definition) is 1. The third-order valence-electron chi connectivity index (χ3n) is 7.69. The van der Waals surface area contributed by atoms with Crippen LogP contribution < -0.4 is 10.2 Å². The maximum atomic E-state index is 13.9. The van der Waals surface area contributed by atoms with Crippen LogP contribution in [0.4, 0.5) is 20.3 Å². The fourth-order valence-electron chi connectivity index (χ4n) is 5.48. The minimum atomic E-state index is -2.95. The molecular formula is C28H27F2N7O6. The molecule has 43 heavy (non-hydrogen) atoms. The molecule has 13 nitrogen and oxygen atoms in total. The molecule has 0 radical (unpaired) electrons. The number of benzene rings is 1. The second-order valence-electron chi connectivity index (χ2n) is 10.5. The van der Waals surface area contributed by atoms with Crippen LogP contribution in [0.3, 0.4) is 0 Å². The van der Waals surface area contributed by atoms with Crippen LogP contribution in [-0.2, 0) is 18.9 Å². The van der Waals surface area contributed by atoms with Crippen molar-refractivity contribution in [1.82, 2.24) is 24.4 Å². The van der Waals surface area contributed by atoms with Crippen molar-refractivity contribution >= 4 is 29.0 Å². The van der Waals surface area contributed by atoms with Gasteiger partial charge in [0, 0.05) is 18.9 Å². The lowest BCUT2D eigenvalue weighted by atomic mass is 10.2. The molecule has 3 fully saturated rings. The number of carbonyl (C=O) groups excluding carboxylic acids is 2. The Balaban J connectivity index is 1.01. The van der Waals surface area contributed by atoms with Gasteiger partial charge in [-0.15, -0.1) is 0 Å². The number of carbonyl (C=O) groups is 2. The van der Waals surface area contributed by atoms with Gasteiger partial charge in [-0.1, -0.05) is 18.2 Å². The van der Waals surface area contributed by atoms with Gasteiger partial charge in [0.1, 0.15) is 18.0 Å². The number of halogens is 2. The molecule has 2 bridgehead atoms. The summed E-state index contributed by atoms with van der Waals surface area (Å²) in [5.74, 6) is -0.465. The third kappa shape index (κ3) is 5.42. The number of esters is 1. The first-order valence-corrected chi connectivity index (χ1v) is 13.8. The van der Waals surface area contributed by atoms with Gasteiger partial charge in [-0.05, 0) is 24.6 Å². The lowest BCUT2D eigenvalue weighted by molar-refractivity contribution is -0.212. The van der Waals surface area contributed by atoms with Gasteiger partial charge in [0.2, 0.25) is 0 Å². The average Bonchev–Trinajstić information content (AvgIpc) is 3.84. The normalized spacial score (nSPS) is 23.3. The predicted octanol–water partition coefficient (Wildman–Crippen LogP) is 2.86. The number of aromatic nitrogens is 5. The van der Waals surface area contributed by atoms with Crippen molar-refractivity contribution in [2.24, 2.45) is 0 Å². The van der Waals surface area contributed by atoms with E-state index in [0.717, 1.165) is 6.42 Å². The number of hydrogen-bond acceptors (Lipinski definition) is 10. The Morgan fingerprint density at radius 3 is 2.58 bits per heavy atom. The topological polar surface area (TPSA) is 134 Å². The number of morpholine rings is 1. The molecular weight excluding hydrogens is 568 g/mol. The summed E-state index contributed by atoms with van der Waals surface area (Å²) in [5.41, 5.74) is 0.0926. The second-order valence-corrected chi connectivity index (χ2v) is 10.5. The van der Waals surface area contributed by atoms with Crippen LogP contribution in [0.5, 0.6) is 0 Å². The van der Waals surface area contributed by atoms with E-state index in [4.69, 9.17) is 18.9 Å². The summed E-state index contributed by atoms with van der Waals surface area (Å²) in [4.78, 5) is 32.2. The molecule has 7 rings (SSSR count). The number of rotatable bonds is 8. The average molecular weight is 596 g/mol. The van der Waals surface area contributed by atoms with Crippen molar-refractivity contribution in [1.29, 1.82) is 0 Å².